The minimum absolute atomic E-state index is 0.102. The first kappa shape index (κ1) is 13.4. The van der Waals surface area contributed by atoms with Gasteiger partial charge in [-0.05, 0) is 25.8 Å². The zero-order valence-corrected chi connectivity index (χ0v) is 10.1. The number of hydrogen-bond donors (Lipinski definition) is 1. The third-order valence-corrected chi connectivity index (χ3v) is 3.21. The minimum Gasteiger partial charge on any atom is -0.372 e. The van der Waals surface area contributed by atoms with Gasteiger partial charge < -0.3 is 10.5 Å². The first-order valence-electron chi connectivity index (χ1n) is 5.98. The lowest BCUT2D eigenvalue weighted by molar-refractivity contribution is -0.124. The zero-order valence-electron chi connectivity index (χ0n) is 10.1. The average Bonchev–Trinajstić information content (AvgIpc) is 2.82. The Morgan fingerprint density at radius 1 is 1.44 bits per heavy atom. The zero-order chi connectivity index (χ0) is 13.3. The monoisotopic (exact) mass is 259 g/mol. The molecule has 1 aliphatic rings. The van der Waals surface area contributed by atoms with Crippen LogP contribution in [0.25, 0.3) is 0 Å². The van der Waals surface area contributed by atoms with Crippen LogP contribution in [0.1, 0.15) is 36.9 Å². The molecule has 2 rings (SSSR count). The summed E-state index contributed by atoms with van der Waals surface area (Å²) in [6, 6.07) is 3.31. The van der Waals surface area contributed by atoms with Gasteiger partial charge in [0.2, 0.25) is 0 Å². The van der Waals surface area contributed by atoms with Crippen LogP contribution in [-0.4, -0.2) is 12.7 Å². The predicted octanol–water partition coefficient (Wildman–Crippen LogP) is 3.12. The number of ether oxygens (including phenoxy) is 1. The van der Waals surface area contributed by atoms with E-state index in [1.54, 1.807) is 6.92 Å². The maximum atomic E-state index is 14.2. The van der Waals surface area contributed by atoms with Gasteiger partial charge in [-0.15, -0.1) is 0 Å². The van der Waals surface area contributed by atoms with Crippen LogP contribution in [0.15, 0.2) is 18.2 Å². The van der Waals surface area contributed by atoms with Gasteiger partial charge in [-0.2, -0.15) is 8.78 Å². The van der Waals surface area contributed by atoms with Gasteiger partial charge in [0.1, 0.15) is 11.9 Å². The van der Waals surface area contributed by atoms with E-state index in [0.29, 0.717) is 13.0 Å². The van der Waals surface area contributed by atoms with Crippen molar-refractivity contribution < 1.29 is 17.9 Å². The Balaban J connectivity index is 2.40. The van der Waals surface area contributed by atoms with Crippen molar-refractivity contribution in [1.29, 1.82) is 0 Å². The highest BCUT2D eigenvalue weighted by atomic mass is 19.3. The van der Waals surface area contributed by atoms with Gasteiger partial charge in [-0.3, -0.25) is 0 Å². The molecule has 0 aliphatic carbocycles. The number of rotatable bonds is 3. The summed E-state index contributed by atoms with van der Waals surface area (Å²) in [6.07, 6.45) is -0.417. The third-order valence-electron chi connectivity index (χ3n) is 3.21. The van der Waals surface area contributed by atoms with Crippen molar-refractivity contribution in [2.75, 3.05) is 6.61 Å². The fourth-order valence-corrected chi connectivity index (χ4v) is 2.20. The Morgan fingerprint density at radius 2 is 2.17 bits per heavy atom. The van der Waals surface area contributed by atoms with E-state index < -0.39 is 29.4 Å². The molecule has 0 aromatic heterocycles. The van der Waals surface area contributed by atoms with E-state index in [9.17, 15) is 13.2 Å². The van der Waals surface area contributed by atoms with Crippen LogP contribution in [0.4, 0.5) is 13.2 Å². The molecule has 0 amide bonds. The molecule has 18 heavy (non-hydrogen) atoms. The molecule has 0 radical (unpaired) electrons. The molecule has 5 heteroatoms. The molecule has 1 saturated heterocycles. The highest BCUT2D eigenvalue weighted by Crippen LogP contribution is 2.40. The van der Waals surface area contributed by atoms with Crippen molar-refractivity contribution in [2.45, 2.75) is 37.8 Å². The lowest BCUT2D eigenvalue weighted by Crippen LogP contribution is -2.31. The van der Waals surface area contributed by atoms with Crippen molar-refractivity contribution in [3.8, 4) is 0 Å². The smallest absolute Gasteiger partial charge is 0.301 e. The Morgan fingerprint density at radius 3 is 2.72 bits per heavy atom. The molecule has 1 fully saturated rings. The lowest BCUT2D eigenvalue weighted by atomic mass is 9.96. The Kier molecular flexibility index (Phi) is 3.64. The van der Waals surface area contributed by atoms with Gasteiger partial charge in [-0.25, -0.2) is 4.39 Å². The molecule has 1 aliphatic heterocycles. The topological polar surface area (TPSA) is 35.2 Å². The molecule has 2 atom stereocenters. The van der Waals surface area contributed by atoms with Crippen LogP contribution in [0, 0.1) is 5.82 Å². The number of nitrogens with two attached hydrogens (primary N) is 1. The van der Waals surface area contributed by atoms with Crippen molar-refractivity contribution in [3.05, 3.63) is 35.1 Å². The second-order valence-electron chi connectivity index (χ2n) is 4.62. The number of hydrogen-bond acceptors (Lipinski definition) is 2. The van der Waals surface area contributed by atoms with Crippen LogP contribution in [0.3, 0.4) is 0 Å². The van der Waals surface area contributed by atoms with Gasteiger partial charge in [0, 0.05) is 18.2 Å². The first-order chi connectivity index (χ1) is 8.44. The summed E-state index contributed by atoms with van der Waals surface area (Å²) in [5.74, 6) is -4.24. The average molecular weight is 259 g/mol. The highest BCUT2D eigenvalue weighted by molar-refractivity contribution is 5.31. The van der Waals surface area contributed by atoms with E-state index in [2.05, 4.69) is 0 Å². The lowest BCUT2D eigenvalue weighted by Gasteiger charge is -2.24. The molecular weight excluding hydrogens is 243 g/mol. The maximum Gasteiger partial charge on any atom is 0.301 e. The summed E-state index contributed by atoms with van der Waals surface area (Å²) in [6.45, 7) is 1.86. The van der Waals surface area contributed by atoms with E-state index in [1.165, 1.54) is 12.1 Å². The summed E-state index contributed by atoms with van der Waals surface area (Å²) in [7, 11) is 0. The number of halogens is 3. The molecular formula is C13H16F3NO. The predicted molar refractivity (Wildman–Crippen MR) is 61.9 cm³/mol. The SMILES string of the molecule is C[C@@H](N)c1cccc(C(F)(F)[C@H]2CCCO2)c1F. The van der Waals surface area contributed by atoms with Gasteiger partial charge in [-0.1, -0.05) is 12.1 Å². The van der Waals surface area contributed by atoms with Crippen LogP contribution >= 0.6 is 0 Å². The summed E-state index contributed by atoms with van der Waals surface area (Å²) in [5, 5.41) is 0. The highest BCUT2D eigenvalue weighted by Gasteiger charge is 2.46. The van der Waals surface area contributed by atoms with Crippen molar-refractivity contribution >= 4 is 0 Å². The summed E-state index contributed by atoms with van der Waals surface area (Å²) in [4.78, 5) is 0. The molecule has 2 nitrogen and oxygen atoms in total. The summed E-state index contributed by atoms with van der Waals surface area (Å²) in [5.41, 5.74) is 5.04. The summed E-state index contributed by atoms with van der Waals surface area (Å²) >= 11 is 0. The molecule has 0 spiro atoms. The molecule has 0 unspecified atom stereocenters. The fourth-order valence-electron chi connectivity index (χ4n) is 2.20. The second-order valence-corrected chi connectivity index (χ2v) is 4.62. The number of benzene rings is 1. The molecule has 1 heterocycles. The van der Waals surface area contributed by atoms with Gasteiger partial charge in [0.15, 0.2) is 0 Å². The van der Waals surface area contributed by atoms with Gasteiger partial charge >= 0.3 is 5.92 Å². The largest absolute Gasteiger partial charge is 0.372 e. The van der Waals surface area contributed by atoms with E-state index in [-0.39, 0.29) is 12.0 Å². The Bertz CT molecular complexity index is 428. The van der Waals surface area contributed by atoms with E-state index in [4.69, 9.17) is 10.5 Å². The molecule has 100 valence electrons. The third kappa shape index (κ3) is 2.24. The van der Waals surface area contributed by atoms with Crippen LogP contribution in [0.5, 0.6) is 0 Å². The molecule has 1 aromatic rings. The standard InChI is InChI=1S/C13H16F3NO/c1-8(17)9-4-2-5-10(12(9)14)13(15,16)11-6-3-7-18-11/h2,4-5,8,11H,3,6-7,17H2,1H3/t8-,11-/m1/s1. The van der Waals surface area contributed by atoms with Crippen LogP contribution in [0.2, 0.25) is 0 Å². The Labute approximate surface area is 104 Å². The molecule has 2 N–H and O–H groups in total. The number of alkyl halides is 2. The quantitative estimate of drug-likeness (QED) is 0.905. The van der Waals surface area contributed by atoms with E-state index in [1.807, 2.05) is 0 Å². The second kappa shape index (κ2) is 4.90. The Hall–Kier alpha value is -1.07. The van der Waals surface area contributed by atoms with Crippen LogP contribution < -0.4 is 5.73 Å². The van der Waals surface area contributed by atoms with Crippen molar-refractivity contribution in [3.63, 3.8) is 0 Å². The maximum absolute atomic E-state index is 14.2. The fraction of sp³-hybridized carbons (Fsp3) is 0.538. The minimum atomic E-state index is -3.31. The van der Waals surface area contributed by atoms with Crippen LogP contribution in [-0.2, 0) is 10.7 Å². The van der Waals surface area contributed by atoms with Gasteiger partial charge in [0.05, 0.1) is 5.56 Å². The summed E-state index contributed by atoms with van der Waals surface area (Å²) < 4.78 is 47.4. The molecule has 0 saturated carbocycles. The van der Waals surface area contributed by atoms with E-state index >= 15 is 0 Å². The first-order valence-corrected chi connectivity index (χ1v) is 5.98. The molecule has 0 bridgehead atoms. The van der Waals surface area contributed by atoms with Gasteiger partial charge in [0.25, 0.3) is 0 Å². The normalized spacial score (nSPS) is 22.2. The van der Waals surface area contributed by atoms with Crippen molar-refractivity contribution in [1.82, 2.24) is 0 Å². The van der Waals surface area contributed by atoms with Crippen molar-refractivity contribution in [2.24, 2.45) is 5.73 Å². The van der Waals surface area contributed by atoms with E-state index in [0.717, 1.165) is 6.07 Å². The molecule has 1 aromatic carbocycles.